The van der Waals surface area contributed by atoms with E-state index in [0.717, 1.165) is 50.0 Å². The second-order valence-electron chi connectivity index (χ2n) is 10.1. The minimum absolute atomic E-state index is 0.0749. The average Bonchev–Trinajstić information content (AvgIpc) is 2.72. The minimum Gasteiger partial charge on any atom is -0.377 e. The van der Waals surface area contributed by atoms with E-state index in [1.54, 1.807) is 0 Å². The summed E-state index contributed by atoms with van der Waals surface area (Å²) in [7, 11) is 0. The van der Waals surface area contributed by atoms with Crippen molar-refractivity contribution in [3.63, 3.8) is 0 Å². The molecule has 0 spiro atoms. The lowest BCUT2D eigenvalue weighted by Crippen LogP contribution is -2.45. The predicted molar refractivity (Wildman–Crippen MR) is 118 cm³/mol. The van der Waals surface area contributed by atoms with Crippen LogP contribution in [-0.2, 0) is 4.74 Å². The molecule has 4 unspecified atom stereocenters. The van der Waals surface area contributed by atoms with Crippen LogP contribution in [0.1, 0.15) is 104 Å². The molecule has 3 fully saturated rings. The Kier molecular flexibility index (Phi) is 9.42. The van der Waals surface area contributed by atoms with Gasteiger partial charge in [0, 0.05) is 6.61 Å². The van der Waals surface area contributed by atoms with Crippen molar-refractivity contribution in [3.05, 3.63) is 0 Å². The number of halogens is 2. The molecule has 3 heteroatoms. The van der Waals surface area contributed by atoms with Crippen LogP contribution in [0, 0.1) is 29.6 Å². The monoisotopic (exact) mass is 414 g/mol. The van der Waals surface area contributed by atoms with Crippen molar-refractivity contribution >= 4 is 11.6 Å². The second-order valence-corrected chi connectivity index (χ2v) is 10.6. The molecule has 0 saturated heterocycles. The predicted octanol–water partition coefficient (Wildman–Crippen LogP) is 7.94. The van der Waals surface area contributed by atoms with Gasteiger partial charge in [0.05, 0.1) is 11.5 Å². The van der Waals surface area contributed by atoms with Crippen molar-refractivity contribution in [2.45, 2.75) is 121 Å². The molecule has 28 heavy (non-hydrogen) atoms. The van der Waals surface area contributed by atoms with E-state index in [2.05, 4.69) is 13.8 Å². The van der Waals surface area contributed by atoms with E-state index in [0.29, 0.717) is 5.92 Å². The standard InChI is InChI=1S/C25H44ClFO/c1-3-5-17-28-23-16-15-22(25(27)24(23)26)21-13-11-20(12-14-21)19-9-7-18(6-4-2)8-10-19/h18-25H,3-17H2,1-2H3. The van der Waals surface area contributed by atoms with E-state index in [4.69, 9.17) is 16.3 Å². The van der Waals surface area contributed by atoms with Gasteiger partial charge < -0.3 is 4.74 Å². The molecule has 0 bridgehead atoms. The van der Waals surface area contributed by atoms with Gasteiger partial charge in [-0.1, -0.05) is 46.0 Å². The van der Waals surface area contributed by atoms with Gasteiger partial charge in [-0.15, -0.1) is 11.6 Å². The second kappa shape index (κ2) is 11.5. The van der Waals surface area contributed by atoms with E-state index in [1.165, 1.54) is 64.2 Å². The van der Waals surface area contributed by atoms with E-state index in [9.17, 15) is 0 Å². The third-order valence-electron chi connectivity index (χ3n) is 8.36. The van der Waals surface area contributed by atoms with E-state index >= 15 is 4.39 Å². The quantitative estimate of drug-likeness (QED) is 0.289. The third kappa shape index (κ3) is 5.87. The molecule has 0 N–H and O–H groups in total. The van der Waals surface area contributed by atoms with Crippen LogP contribution >= 0.6 is 11.6 Å². The summed E-state index contributed by atoms with van der Waals surface area (Å²) in [6, 6.07) is 0. The van der Waals surface area contributed by atoms with Gasteiger partial charge in [0.25, 0.3) is 0 Å². The van der Waals surface area contributed by atoms with Crippen molar-refractivity contribution in [1.29, 1.82) is 0 Å². The van der Waals surface area contributed by atoms with E-state index in [-0.39, 0.29) is 12.0 Å². The fraction of sp³-hybridized carbons (Fsp3) is 1.00. The normalized spacial score (nSPS) is 42.4. The third-order valence-corrected chi connectivity index (χ3v) is 8.88. The van der Waals surface area contributed by atoms with Crippen LogP contribution in [0.15, 0.2) is 0 Å². The fourth-order valence-electron chi connectivity index (χ4n) is 6.57. The van der Waals surface area contributed by atoms with Crippen LogP contribution in [-0.4, -0.2) is 24.3 Å². The van der Waals surface area contributed by atoms with Crippen molar-refractivity contribution in [1.82, 2.24) is 0 Å². The maximum atomic E-state index is 15.1. The average molecular weight is 415 g/mol. The number of ether oxygens (including phenoxy) is 1. The molecule has 0 radical (unpaired) electrons. The molecule has 3 aliphatic carbocycles. The highest BCUT2D eigenvalue weighted by Crippen LogP contribution is 2.47. The molecule has 3 saturated carbocycles. The Morgan fingerprint density at radius 2 is 1.39 bits per heavy atom. The van der Waals surface area contributed by atoms with Gasteiger partial charge in [-0.05, 0) is 87.4 Å². The van der Waals surface area contributed by atoms with Crippen molar-refractivity contribution < 1.29 is 9.13 Å². The van der Waals surface area contributed by atoms with Crippen LogP contribution in [0.4, 0.5) is 4.39 Å². The SMILES string of the molecule is CCCCOC1CCC(C2CCC(C3CCC(CCC)CC3)CC2)C(F)C1Cl. The molecule has 1 nitrogen and oxygen atoms in total. The van der Waals surface area contributed by atoms with Crippen LogP contribution < -0.4 is 0 Å². The van der Waals surface area contributed by atoms with Gasteiger partial charge in [0.2, 0.25) is 0 Å². The van der Waals surface area contributed by atoms with Gasteiger partial charge in [0.15, 0.2) is 0 Å². The molecule has 0 heterocycles. The van der Waals surface area contributed by atoms with Crippen LogP contribution in [0.3, 0.4) is 0 Å². The Balaban J connectivity index is 1.41. The van der Waals surface area contributed by atoms with Crippen molar-refractivity contribution in [3.8, 4) is 0 Å². The molecule has 3 aliphatic rings. The zero-order valence-electron chi connectivity index (χ0n) is 18.4. The summed E-state index contributed by atoms with van der Waals surface area (Å²) in [6.45, 7) is 5.21. The summed E-state index contributed by atoms with van der Waals surface area (Å²) in [5.41, 5.74) is 0. The molecule has 164 valence electrons. The molecule has 3 rings (SSSR count). The number of hydrogen-bond donors (Lipinski definition) is 0. The summed E-state index contributed by atoms with van der Waals surface area (Å²) in [5, 5.41) is -0.442. The smallest absolute Gasteiger partial charge is 0.122 e. The van der Waals surface area contributed by atoms with Gasteiger partial charge >= 0.3 is 0 Å². The first-order valence-corrected chi connectivity index (χ1v) is 13.0. The molecule has 4 atom stereocenters. The molecular formula is C25H44ClFO. The van der Waals surface area contributed by atoms with Crippen LogP contribution in [0.2, 0.25) is 0 Å². The van der Waals surface area contributed by atoms with Crippen molar-refractivity contribution in [2.24, 2.45) is 29.6 Å². The number of rotatable bonds is 8. The molecular weight excluding hydrogens is 371 g/mol. The lowest BCUT2D eigenvalue weighted by Gasteiger charge is -2.43. The molecule has 0 aliphatic heterocycles. The van der Waals surface area contributed by atoms with Crippen molar-refractivity contribution in [2.75, 3.05) is 6.61 Å². The zero-order valence-corrected chi connectivity index (χ0v) is 19.1. The largest absolute Gasteiger partial charge is 0.377 e. The molecule has 0 aromatic rings. The summed E-state index contributed by atoms with van der Waals surface area (Å²) in [5.74, 6) is 3.60. The van der Waals surface area contributed by atoms with E-state index < -0.39 is 11.5 Å². The summed E-state index contributed by atoms with van der Waals surface area (Å²) in [4.78, 5) is 0. The molecule has 0 aromatic carbocycles. The Morgan fingerprint density at radius 1 is 0.786 bits per heavy atom. The lowest BCUT2D eigenvalue weighted by atomic mass is 9.65. The van der Waals surface area contributed by atoms with Gasteiger partial charge in [-0.3, -0.25) is 0 Å². The van der Waals surface area contributed by atoms with Crippen LogP contribution in [0.5, 0.6) is 0 Å². The van der Waals surface area contributed by atoms with E-state index in [1.807, 2.05) is 0 Å². The highest BCUT2D eigenvalue weighted by molar-refractivity contribution is 6.21. The summed E-state index contributed by atoms with van der Waals surface area (Å²) < 4.78 is 21.0. The summed E-state index contributed by atoms with van der Waals surface area (Å²) in [6.07, 6.45) is 16.9. The first-order valence-electron chi connectivity index (χ1n) is 12.5. The Hall–Kier alpha value is 0.180. The maximum Gasteiger partial charge on any atom is 0.122 e. The maximum absolute atomic E-state index is 15.1. The van der Waals surface area contributed by atoms with Crippen LogP contribution in [0.25, 0.3) is 0 Å². The topological polar surface area (TPSA) is 9.23 Å². The number of alkyl halides is 2. The van der Waals surface area contributed by atoms with Gasteiger partial charge in [-0.25, -0.2) is 4.39 Å². The minimum atomic E-state index is -0.881. The highest BCUT2D eigenvalue weighted by Gasteiger charge is 2.44. The zero-order chi connectivity index (χ0) is 19.9. The Morgan fingerprint density at radius 3 is 2.00 bits per heavy atom. The molecule has 0 aromatic heterocycles. The Bertz CT molecular complexity index is 428. The fourth-order valence-corrected chi connectivity index (χ4v) is 6.95. The van der Waals surface area contributed by atoms with Gasteiger partial charge in [0.1, 0.15) is 6.17 Å². The first kappa shape index (κ1) is 22.9. The first-order chi connectivity index (χ1) is 13.6. The Labute approximate surface area is 178 Å². The molecule has 0 amide bonds. The lowest BCUT2D eigenvalue weighted by molar-refractivity contribution is -0.0279. The number of hydrogen-bond acceptors (Lipinski definition) is 1. The number of unbranched alkanes of at least 4 members (excludes halogenated alkanes) is 1. The summed E-state index contributed by atoms with van der Waals surface area (Å²) >= 11 is 6.52. The highest BCUT2D eigenvalue weighted by atomic mass is 35.5. The van der Waals surface area contributed by atoms with Gasteiger partial charge in [-0.2, -0.15) is 0 Å².